The van der Waals surface area contributed by atoms with Crippen LogP contribution in [0.1, 0.15) is 22.0 Å². The Kier molecular flexibility index (Phi) is 3.68. The van der Waals surface area contributed by atoms with E-state index in [1.165, 1.54) is 22.4 Å². The number of hydrogen-bond acceptors (Lipinski definition) is 6. The number of hydrogen-bond donors (Lipinski definition) is 1. The minimum Gasteiger partial charge on any atom is -0.333 e. The minimum atomic E-state index is -0.277. The van der Waals surface area contributed by atoms with Crippen LogP contribution in [0.3, 0.4) is 0 Å². The third-order valence-corrected chi connectivity index (χ3v) is 4.00. The van der Waals surface area contributed by atoms with E-state index in [2.05, 4.69) is 19.9 Å². The molecule has 0 aliphatic rings. The van der Waals surface area contributed by atoms with E-state index in [0.29, 0.717) is 16.0 Å². The van der Waals surface area contributed by atoms with Crippen molar-refractivity contribution >= 4 is 27.5 Å². The fourth-order valence-corrected chi connectivity index (χ4v) is 2.72. The first-order chi connectivity index (χ1) is 10.5. The molecule has 0 unspecified atom stereocenters. The molecule has 8 heteroatoms. The normalized spacial score (nSPS) is 10.8. The zero-order chi connectivity index (χ0) is 15.7. The predicted molar refractivity (Wildman–Crippen MR) is 82.8 cm³/mol. The fourth-order valence-electron chi connectivity index (χ4n) is 1.99. The molecule has 0 saturated heterocycles. The van der Waals surface area contributed by atoms with E-state index in [1.54, 1.807) is 26.2 Å². The molecule has 0 radical (unpaired) electrons. The number of aryl methyl sites for hydroxylation is 1. The SMILES string of the molecule is Cc1cnc(C(=O)N(C)Cc2nc3ccsc3c(=O)[nH]2)cn1. The third-order valence-electron chi connectivity index (χ3n) is 3.10. The van der Waals surface area contributed by atoms with E-state index in [4.69, 9.17) is 0 Å². The summed E-state index contributed by atoms with van der Waals surface area (Å²) < 4.78 is 0.585. The van der Waals surface area contributed by atoms with Gasteiger partial charge in [-0.15, -0.1) is 11.3 Å². The van der Waals surface area contributed by atoms with E-state index in [-0.39, 0.29) is 23.7 Å². The highest BCUT2D eigenvalue weighted by atomic mass is 32.1. The summed E-state index contributed by atoms with van der Waals surface area (Å²) in [7, 11) is 1.63. The third kappa shape index (κ3) is 2.73. The number of aromatic amines is 1. The maximum Gasteiger partial charge on any atom is 0.274 e. The predicted octanol–water partition coefficient (Wildman–Crippen LogP) is 1.36. The number of fused-ring (bicyclic) bond motifs is 1. The molecule has 7 nitrogen and oxygen atoms in total. The zero-order valence-corrected chi connectivity index (χ0v) is 12.8. The van der Waals surface area contributed by atoms with Crippen LogP contribution in [-0.2, 0) is 6.54 Å². The highest BCUT2D eigenvalue weighted by Gasteiger charge is 2.15. The number of nitrogens with zero attached hydrogens (tertiary/aromatic N) is 4. The second-order valence-corrected chi connectivity index (χ2v) is 5.77. The van der Waals surface area contributed by atoms with Crippen LogP contribution in [0.25, 0.3) is 10.2 Å². The van der Waals surface area contributed by atoms with Crippen molar-refractivity contribution < 1.29 is 4.79 Å². The number of carbonyl (C=O) groups excluding carboxylic acids is 1. The van der Waals surface area contributed by atoms with Crippen molar-refractivity contribution in [2.24, 2.45) is 0 Å². The first-order valence-electron chi connectivity index (χ1n) is 6.55. The van der Waals surface area contributed by atoms with Gasteiger partial charge in [-0.1, -0.05) is 0 Å². The van der Waals surface area contributed by atoms with Gasteiger partial charge in [0.15, 0.2) is 0 Å². The lowest BCUT2D eigenvalue weighted by Crippen LogP contribution is -2.29. The quantitative estimate of drug-likeness (QED) is 0.788. The van der Waals surface area contributed by atoms with E-state index < -0.39 is 0 Å². The number of carbonyl (C=O) groups is 1. The van der Waals surface area contributed by atoms with Crippen LogP contribution >= 0.6 is 11.3 Å². The molecule has 0 fully saturated rings. The van der Waals surface area contributed by atoms with E-state index in [0.717, 1.165) is 5.69 Å². The van der Waals surface area contributed by atoms with Crippen molar-refractivity contribution in [3.8, 4) is 0 Å². The monoisotopic (exact) mass is 315 g/mol. The molecule has 1 N–H and O–H groups in total. The second kappa shape index (κ2) is 5.64. The van der Waals surface area contributed by atoms with Crippen LogP contribution in [0.4, 0.5) is 0 Å². The summed E-state index contributed by atoms with van der Waals surface area (Å²) in [5.74, 6) is 0.160. The first-order valence-corrected chi connectivity index (χ1v) is 7.43. The Bertz CT molecular complexity index is 884. The minimum absolute atomic E-state index is 0.189. The van der Waals surface area contributed by atoms with Gasteiger partial charge in [-0.25, -0.2) is 9.97 Å². The van der Waals surface area contributed by atoms with Gasteiger partial charge in [-0.2, -0.15) is 0 Å². The Labute approximate surface area is 129 Å². The summed E-state index contributed by atoms with van der Waals surface area (Å²) >= 11 is 1.34. The van der Waals surface area contributed by atoms with Crippen LogP contribution in [0, 0.1) is 6.92 Å². The number of thiophene rings is 1. The average molecular weight is 315 g/mol. The smallest absolute Gasteiger partial charge is 0.274 e. The lowest BCUT2D eigenvalue weighted by molar-refractivity contribution is 0.0775. The molecule has 3 rings (SSSR count). The fraction of sp³-hybridized carbons (Fsp3) is 0.214. The van der Waals surface area contributed by atoms with Gasteiger partial charge in [0.05, 0.1) is 24.0 Å². The summed E-state index contributed by atoms with van der Waals surface area (Å²) in [6.07, 6.45) is 2.98. The van der Waals surface area contributed by atoms with Crippen molar-refractivity contribution in [3.05, 3.63) is 51.4 Å². The lowest BCUT2D eigenvalue weighted by atomic mass is 10.3. The van der Waals surface area contributed by atoms with Crippen molar-refractivity contribution in [2.45, 2.75) is 13.5 Å². The molecule has 0 aromatic carbocycles. The van der Waals surface area contributed by atoms with E-state index >= 15 is 0 Å². The molecule has 0 aliphatic heterocycles. The van der Waals surface area contributed by atoms with Crippen LogP contribution < -0.4 is 5.56 Å². The summed E-state index contributed by atoms with van der Waals surface area (Å²) in [6, 6.07) is 1.78. The van der Waals surface area contributed by atoms with Crippen molar-refractivity contribution in [1.29, 1.82) is 0 Å². The second-order valence-electron chi connectivity index (χ2n) is 4.85. The molecular weight excluding hydrogens is 302 g/mol. The Hall–Kier alpha value is -2.61. The molecule has 0 atom stereocenters. The molecule has 1 amide bonds. The summed E-state index contributed by atoms with van der Waals surface area (Å²) in [5.41, 5.74) is 1.45. The van der Waals surface area contributed by atoms with Crippen molar-refractivity contribution in [1.82, 2.24) is 24.8 Å². The number of nitrogens with one attached hydrogen (secondary N) is 1. The molecule has 22 heavy (non-hydrogen) atoms. The number of amides is 1. The molecule has 0 bridgehead atoms. The lowest BCUT2D eigenvalue weighted by Gasteiger charge is -2.15. The highest BCUT2D eigenvalue weighted by molar-refractivity contribution is 7.17. The highest BCUT2D eigenvalue weighted by Crippen LogP contribution is 2.14. The number of rotatable bonds is 3. The topological polar surface area (TPSA) is 91.8 Å². The average Bonchev–Trinajstić information content (AvgIpc) is 2.96. The Morgan fingerprint density at radius 3 is 2.91 bits per heavy atom. The van der Waals surface area contributed by atoms with Gasteiger partial charge in [0.1, 0.15) is 16.2 Å². The van der Waals surface area contributed by atoms with Gasteiger partial charge in [0.2, 0.25) is 0 Å². The van der Waals surface area contributed by atoms with Crippen LogP contribution in [0.5, 0.6) is 0 Å². The van der Waals surface area contributed by atoms with Crippen LogP contribution in [0.15, 0.2) is 28.6 Å². The molecule has 3 heterocycles. The molecule has 0 aliphatic carbocycles. The number of aromatic nitrogens is 4. The van der Waals surface area contributed by atoms with Gasteiger partial charge in [0.25, 0.3) is 11.5 Å². The first kappa shape index (κ1) is 14.3. The summed E-state index contributed by atoms with van der Waals surface area (Å²) in [6.45, 7) is 1.99. The van der Waals surface area contributed by atoms with Gasteiger partial charge in [-0.3, -0.25) is 14.6 Å². The van der Waals surface area contributed by atoms with Crippen molar-refractivity contribution in [3.63, 3.8) is 0 Å². The Morgan fingerprint density at radius 2 is 2.18 bits per heavy atom. The standard InChI is InChI=1S/C14H13N5O2S/c1-8-5-16-10(6-15-8)14(21)19(2)7-11-17-9-3-4-22-12(9)13(20)18-11/h3-6H,7H2,1-2H3,(H,17,18,20). The summed E-state index contributed by atoms with van der Waals surface area (Å²) in [4.78, 5) is 40.8. The molecule has 3 aromatic rings. The van der Waals surface area contributed by atoms with Gasteiger partial charge in [-0.05, 0) is 18.4 Å². The zero-order valence-electron chi connectivity index (χ0n) is 12.0. The molecule has 0 saturated carbocycles. The Balaban J connectivity index is 1.83. The van der Waals surface area contributed by atoms with Crippen LogP contribution in [-0.4, -0.2) is 37.8 Å². The van der Waals surface area contributed by atoms with E-state index in [1.807, 2.05) is 5.38 Å². The maximum atomic E-state index is 12.3. The van der Waals surface area contributed by atoms with Gasteiger partial charge >= 0.3 is 0 Å². The van der Waals surface area contributed by atoms with E-state index in [9.17, 15) is 9.59 Å². The maximum absolute atomic E-state index is 12.3. The summed E-state index contributed by atoms with van der Waals surface area (Å²) in [5, 5.41) is 1.81. The molecular formula is C14H13N5O2S. The van der Waals surface area contributed by atoms with Gasteiger partial charge in [0, 0.05) is 13.2 Å². The van der Waals surface area contributed by atoms with Gasteiger partial charge < -0.3 is 9.88 Å². The molecule has 0 spiro atoms. The largest absolute Gasteiger partial charge is 0.333 e. The van der Waals surface area contributed by atoms with Crippen molar-refractivity contribution in [2.75, 3.05) is 7.05 Å². The molecule has 3 aromatic heterocycles. The Morgan fingerprint density at radius 1 is 1.36 bits per heavy atom. The van der Waals surface area contributed by atoms with Crippen LogP contribution in [0.2, 0.25) is 0 Å². The molecule has 112 valence electrons. The number of H-pyrrole nitrogens is 1.